The highest BCUT2D eigenvalue weighted by Crippen LogP contribution is 2.35. The van der Waals surface area contributed by atoms with Gasteiger partial charge in [0.25, 0.3) is 0 Å². The number of likely N-dealkylation sites (tertiary alicyclic amines) is 1. The van der Waals surface area contributed by atoms with Crippen LogP contribution in [-0.4, -0.2) is 23.0 Å². The minimum Gasteiger partial charge on any atom is -0.326 e. The van der Waals surface area contributed by atoms with Crippen LogP contribution in [0.3, 0.4) is 0 Å². The molecular formula is C16H25ClN2. The average molecular weight is 281 g/mol. The van der Waals surface area contributed by atoms with E-state index < -0.39 is 0 Å². The summed E-state index contributed by atoms with van der Waals surface area (Å²) in [6.07, 6.45) is 3.55. The van der Waals surface area contributed by atoms with Gasteiger partial charge in [-0.15, -0.1) is 0 Å². The van der Waals surface area contributed by atoms with Crippen LogP contribution in [-0.2, 0) is 0 Å². The molecule has 1 fully saturated rings. The average Bonchev–Trinajstić information content (AvgIpc) is 2.52. The summed E-state index contributed by atoms with van der Waals surface area (Å²) < 4.78 is 0. The third-order valence-corrected chi connectivity index (χ3v) is 4.25. The Kier molecular flexibility index (Phi) is 4.54. The van der Waals surface area contributed by atoms with Gasteiger partial charge in [-0.25, -0.2) is 0 Å². The molecule has 1 aliphatic rings. The van der Waals surface area contributed by atoms with Gasteiger partial charge in [-0.3, -0.25) is 4.90 Å². The smallest absolute Gasteiger partial charge is 0.0504 e. The number of nitrogens with two attached hydrogens (primary N) is 1. The first-order valence-corrected chi connectivity index (χ1v) is 7.55. The molecule has 19 heavy (non-hydrogen) atoms. The zero-order chi connectivity index (χ0) is 14.0. The van der Waals surface area contributed by atoms with Crippen molar-refractivity contribution in [3.8, 4) is 0 Å². The van der Waals surface area contributed by atoms with Crippen molar-refractivity contribution in [1.82, 2.24) is 4.90 Å². The lowest BCUT2D eigenvalue weighted by Gasteiger charge is -2.43. The molecular weight excluding hydrogens is 256 g/mol. The summed E-state index contributed by atoms with van der Waals surface area (Å²) in [5, 5.41) is 0.785. The number of rotatable bonds is 1. The lowest BCUT2D eigenvalue weighted by molar-refractivity contribution is 0.0755. The van der Waals surface area contributed by atoms with Crippen LogP contribution in [0.4, 0.5) is 0 Å². The van der Waals surface area contributed by atoms with E-state index in [0.717, 1.165) is 18.0 Å². The fourth-order valence-corrected chi connectivity index (χ4v) is 3.16. The van der Waals surface area contributed by atoms with Gasteiger partial charge >= 0.3 is 0 Å². The van der Waals surface area contributed by atoms with Crippen molar-refractivity contribution in [2.24, 2.45) is 5.73 Å². The Labute approximate surface area is 121 Å². The molecule has 0 bridgehead atoms. The zero-order valence-corrected chi connectivity index (χ0v) is 13.0. The molecule has 0 saturated carbocycles. The van der Waals surface area contributed by atoms with Crippen LogP contribution in [0.5, 0.6) is 0 Å². The second kappa shape index (κ2) is 5.82. The Bertz CT molecular complexity index is 408. The topological polar surface area (TPSA) is 29.3 Å². The summed E-state index contributed by atoms with van der Waals surface area (Å²) in [5.41, 5.74) is 7.88. The summed E-state index contributed by atoms with van der Waals surface area (Å²) in [5.74, 6) is 0. The van der Waals surface area contributed by atoms with Crippen molar-refractivity contribution in [2.75, 3.05) is 6.54 Å². The third-order valence-electron chi connectivity index (χ3n) is 4.00. The van der Waals surface area contributed by atoms with Crippen LogP contribution in [0.25, 0.3) is 0 Å². The maximum Gasteiger partial charge on any atom is 0.0504 e. The molecule has 2 N–H and O–H groups in total. The fourth-order valence-electron chi connectivity index (χ4n) is 3.03. The SMILES string of the molecule is CC(C)(C)N1CCCCC(N)C1c1ccc(Cl)cc1. The molecule has 1 aromatic rings. The van der Waals surface area contributed by atoms with Gasteiger partial charge in [0.1, 0.15) is 0 Å². The number of hydrogen-bond donors (Lipinski definition) is 1. The number of hydrogen-bond acceptors (Lipinski definition) is 2. The monoisotopic (exact) mass is 280 g/mol. The number of halogens is 1. The van der Waals surface area contributed by atoms with E-state index in [2.05, 4.69) is 37.8 Å². The molecule has 0 radical (unpaired) electrons. The normalized spacial score (nSPS) is 26.2. The highest BCUT2D eigenvalue weighted by atomic mass is 35.5. The van der Waals surface area contributed by atoms with Gasteiger partial charge < -0.3 is 5.73 Å². The van der Waals surface area contributed by atoms with Crippen molar-refractivity contribution < 1.29 is 0 Å². The second-order valence-electron chi connectivity index (χ2n) is 6.52. The van der Waals surface area contributed by atoms with Gasteiger partial charge in [-0.2, -0.15) is 0 Å². The predicted molar refractivity (Wildman–Crippen MR) is 82.5 cm³/mol. The third kappa shape index (κ3) is 3.50. The lowest BCUT2D eigenvalue weighted by Crippen LogP contribution is -2.49. The van der Waals surface area contributed by atoms with E-state index in [9.17, 15) is 0 Å². The number of benzene rings is 1. The van der Waals surface area contributed by atoms with Crippen LogP contribution in [0.1, 0.15) is 51.6 Å². The van der Waals surface area contributed by atoms with Crippen molar-refractivity contribution in [1.29, 1.82) is 0 Å². The molecule has 3 heteroatoms. The maximum absolute atomic E-state index is 6.46. The molecule has 0 aromatic heterocycles. The molecule has 2 rings (SSSR count). The van der Waals surface area contributed by atoms with Gasteiger partial charge in [0.2, 0.25) is 0 Å². The van der Waals surface area contributed by atoms with E-state index in [1.165, 1.54) is 18.4 Å². The van der Waals surface area contributed by atoms with Crippen molar-refractivity contribution in [3.05, 3.63) is 34.9 Å². The molecule has 0 spiro atoms. The van der Waals surface area contributed by atoms with Crippen molar-refractivity contribution in [3.63, 3.8) is 0 Å². The Morgan fingerprint density at radius 1 is 1.16 bits per heavy atom. The Hall–Kier alpha value is -0.570. The maximum atomic E-state index is 6.46. The highest BCUT2D eigenvalue weighted by Gasteiger charge is 2.34. The molecule has 0 amide bonds. The quantitative estimate of drug-likeness (QED) is 0.843. The van der Waals surface area contributed by atoms with Crippen LogP contribution in [0, 0.1) is 0 Å². The first-order chi connectivity index (χ1) is 8.89. The van der Waals surface area contributed by atoms with Crippen LogP contribution in [0.15, 0.2) is 24.3 Å². The Morgan fingerprint density at radius 2 is 1.79 bits per heavy atom. The van der Waals surface area contributed by atoms with E-state index in [0.29, 0.717) is 6.04 Å². The first-order valence-electron chi connectivity index (χ1n) is 7.17. The van der Waals surface area contributed by atoms with E-state index in [1.54, 1.807) is 0 Å². The zero-order valence-electron chi connectivity index (χ0n) is 12.2. The largest absolute Gasteiger partial charge is 0.326 e. The molecule has 2 nitrogen and oxygen atoms in total. The minimum atomic E-state index is 0.131. The summed E-state index contributed by atoms with van der Waals surface area (Å²) in [4.78, 5) is 2.55. The molecule has 1 heterocycles. The first kappa shape index (κ1) is 14.8. The van der Waals surface area contributed by atoms with E-state index in [4.69, 9.17) is 17.3 Å². The van der Waals surface area contributed by atoms with Gasteiger partial charge in [-0.1, -0.05) is 30.2 Å². The van der Waals surface area contributed by atoms with Crippen LogP contribution >= 0.6 is 11.6 Å². The standard InChI is InChI=1S/C16H25ClN2/c1-16(2,3)19-11-5-4-6-14(18)15(19)12-7-9-13(17)10-8-12/h7-10,14-15H,4-6,11,18H2,1-3H3. The summed E-state index contributed by atoms with van der Waals surface area (Å²) >= 11 is 6.00. The minimum absolute atomic E-state index is 0.131. The lowest BCUT2D eigenvalue weighted by atomic mass is 9.92. The summed E-state index contributed by atoms with van der Waals surface area (Å²) in [7, 11) is 0. The second-order valence-corrected chi connectivity index (χ2v) is 6.96. The van der Waals surface area contributed by atoms with Gasteiger partial charge in [0.15, 0.2) is 0 Å². The van der Waals surface area contributed by atoms with E-state index in [-0.39, 0.29) is 11.6 Å². The fraction of sp³-hybridized carbons (Fsp3) is 0.625. The molecule has 106 valence electrons. The van der Waals surface area contributed by atoms with Gasteiger partial charge in [0.05, 0.1) is 6.04 Å². The molecule has 1 saturated heterocycles. The molecule has 2 atom stereocenters. The molecule has 1 aliphatic heterocycles. The van der Waals surface area contributed by atoms with E-state index in [1.807, 2.05) is 12.1 Å². The van der Waals surface area contributed by atoms with E-state index >= 15 is 0 Å². The summed E-state index contributed by atoms with van der Waals surface area (Å²) in [6, 6.07) is 8.67. The van der Waals surface area contributed by atoms with Crippen LogP contribution in [0.2, 0.25) is 5.02 Å². The predicted octanol–water partition coefficient (Wildman–Crippen LogP) is 3.99. The molecule has 1 aromatic carbocycles. The van der Waals surface area contributed by atoms with Crippen LogP contribution < -0.4 is 5.73 Å². The molecule has 0 aliphatic carbocycles. The highest BCUT2D eigenvalue weighted by molar-refractivity contribution is 6.30. The summed E-state index contributed by atoms with van der Waals surface area (Å²) in [6.45, 7) is 7.93. The van der Waals surface area contributed by atoms with Crippen molar-refractivity contribution >= 4 is 11.6 Å². The van der Waals surface area contributed by atoms with Gasteiger partial charge in [0, 0.05) is 16.6 Å². The Balaban J connectivity index is 2.36. The number of nitrogens with zero attached hydrogens (tertiary/aromatic N) is 1. The van der Waals surface area contributed by atoms with Gasteiger partial charge in [-0.05, 0) is 57.9 Å². The molecule has 2 unspecified atom stereocenters. The Morgan fingerprint density at radius 3 is 2.37 bits per heavy atom. The van der Waals surface area contributed by atoms with Crippen molar-refractivity contribution in [2.45, 2.75) is 57.7 Å².